The molecule has 1 aliphatic carbocycles. The molecule has 3 nitrogen and oxygen atoms in total. The van der Waals surface area contributed by atoms with E-state index in [1.165, 1.54) is 17.0 Å². The highest BCUT2D eigenvalue weighted by Crippen LogP contribution is 2.38. The van der Waals surface area contributed by atoms with Gasteiger partial charge >= 0.3 is 0 Å². The standard InChI is InChI=1S/C15H17FN2O/c1-18(13-7-5-12(16)6-8-13)14(19)15(11-17)9-3-2-4-10-15/h5-8H,2-4,9-10H2,1H3. The van der Waals surface area contributed by atoms with Crippen LogP contribution in [0.15, 0.2) is 24.3 Å². The Labute approximate surface area is 112 Å². The van der Waals surface area contributed by atoms with Gasteiger partial charge in [-0.2, -0.15) is 5.26 Å². The first kappa shape index (κ1) is 13.5. The lowest BCUT2D eigenvalue weighted by Gasteiger charge is -2.33. The summed E-state index contributed by atoms with van der Waals surface area (Å²) in [6, 6.07) is 7.96. The molecule has 0 saturated heterocycles. The van der Waals surface area contributed by atoms with Gasteiger partial charge in [0.05, 0.1) is 6.07 Å². The number of hydrogen-bond acceptors (Lipinski definition) is 2. The summed E-state index contributed by atoms with van der Waals surface area (Å²) in [5.41, 5.74) is -0.284. The molecule has 0 bridgehead atoms. The fraction of sp³-hybridized carbons (Fsp3) is 0.467. The highest BCUT2D eigenvalue weighted by molar-refractivity contribution is 5.98. The van der Waals surface area contributed by atoms with Gasteiger partial charge in [-0.3, -0.25) is 4.79 Å². The van der Waals surface area contributed by atoms with E-state index in [9.17, 15) is 14.4 Å². The molecule has 0 spiro atoms. The Kier molecular flexibility index (Phi) is 3.84. The Balaban J connectivity index is 2.22. The molecule has 1 aliphatic rings. The quantitative estimate of drug-likeness (QED) is 0.819. The van der Waals surface area contributed by atoms with Crippen molar-refractivity contribution in [1.29, 1.82) is 5.26 Å². The van der Waals surface area contributed by atoms with Crippen molar-refractivity contribution in [3.63, 3.8) is 0 Å². The van der Waals surface area contributed by atoms with Crippen LogP contribution in [0.25, 0.3) is 0 Å². The molecule has 0 radical (unpaired) electrons. The average Bonchev–Trinajstić information content (AvgIpc) is 2.47. The summed E-state index contributed by atoms with van der Waals surface area (Å²) in [5, 5.41) is 9.39. The van der Waals surface area contributed by atoms with Gasteiger partial charge in [0.1, 0.15) is 11.2 Å². The molecule has 1 fully saturated rings. The van der Waals surface area contributed by atoms with Crippen molar-refractivity contribution < 1.29 is 9.18 Å². The monoisotopic (exact) mass is 260 g/mol. The fourth-order valence-electron chi connectivity index (χ4n) is 2.63. The molecule has 0 atom stereocenters. The van der Waals surface area contributed by atoms with Crippen LogP contribution >= 0.6 is 0 Å². The van der Waals surface area contributed by atoms with Crippen LogP contribution in [-0.4, -0.2) is 13.0 Å². The highest BCUT2D eigenvalue weighted by atomic mass is 19.1. The van der Waals surface area contributed by atoms with Crippen molar-refractivity contribution in [3.8, 4) is 6.07 Å². The number of nitrogens with zero attached hydrogens (tertiary/aromatic N) is 2. The van der Waals surface area contributed by atoms with E-state index in [-0.39, 0.29) is 11.7 Å². The molecule has 1 saturated carbocycles. The van der Waals surface area contributed by atoms with E-state index in [0.717, 1.165) is 19.3 Å². The maximum atomic E-state index is 12.9. The Bertz CT molecular complexity index is 498. The van der Waals surface area contributed by atoms with Gasteiger partial charge in [-0.25, -0.2) is 4.39 Å². The summed E-state index contributed by atoms with van der Waals surface area (Å²) in [4.78, 5) is 14.0. The maximum Gasteiger partial charge on any atom is 0.247 e. The summed E-state index contributed by atoms with van der Waals surface area (Å²) >= 11 is 0. The first-order valence-electron chi connectivity index (χ1n) is 6.54. The minimum absolute atomic E-state index is 0.179. The normalized spacial score (nSPS) is 17.5. The van der Waals surface area contributed by atoms with Gasteiger partial charge in [0.2, 0.25) is 5.91 Å². The molecular weight excluding hydrogens is 243 g/mol. The molecule has 4 heteroatoms. The van der Waals surface area contributed by atoms with Gasteiger partial charge in [0, 0.05) is 12.7 Å². The van der Waals surface area contributed by atoms with E-state index in [0.29, 0.717) is 18.5 Å². The van der Waals surface area contributed by atoms with Crippen LogP contribution in [0.1, 0.15) is 32.1 Å². The van der Waals surface area contributed by atoms with Gasteiger partial charge in [-0.1, -0.05) is 19.3 Å². The molecule has 0 N–H and O–H groups in total. The van der Waals surface area contributed by atoms with Crippen molar-refractivity contribution >= 4 is 11.6 Å². The number of halogens is 1. The van der Waals surface area contributed by atoms with Gasteiger partial charge in [0.25, 0.3) is 0 Å². The number of rotatable bonds is 2. The lowest BCUT2D eigenvalue weighted by atomic mass is 9.74. The smallest absolute Gasteiger partial charge is 0.247 e. The molecule has 0 heterocycles. The number of nitriles is 1. The van der Waals surface area contributed by atoms with Crippen LogP contribution in [0.5, 0.6) is 0 Å². The van der Waals surface area contributed by atoms with Gasteiger partial charge < -0.3 is 4.90 Å². The van der Waals surface area contributed by atoms with Gasteiger partial charge in [0.15, 0.2) is 0 Å². The van der Waals surface area contributed by atoms with Crippen molar-refractivity contribution in [2.24, 2.45) is 5.41 Å². The average molecular weight is 260 g/mol. The zero-order chi connectivity index (χ0) is 13.9. The number of carbonyl (C=O) groups excluding carboxylic acids is 1. The largest absolute Gasteiger partial charge is 0.314 e. The van der Waals surface area contributed by atoms with E-state index in [4.69, 9.17) is 0 Å². The van der Waals surface area contributed by atoms with Crippen molar-refractivity contribution in [3.05, 3.63) is 30.1 Å². The number of anilines is 1. The first-order chi connectivity index (χ1) is 9.09. The van der Waals surface area contributed by atoms with Crippen molar-refractivity contribution in [2.75, 3.05) is 11.9 Å². The molecule has 1 amide bonds. The molecule has 0 aliphatic heterocycles. The second kappa shape index (κ2) is 5.40. The van der Waals surface area contributed by atoms with Gasteiger partial charge in [-0.15, -0.1) is 0 Å². The Morgan fingerprint density at radius 3 is 2.37 bits per heavy atom. The Morgan fingerprint density at radius 2 is 1.84 bits per heavy atom. The van der Waals surface area contributed by atoms with E-state index in [1.54, 1.807) is 19.2 Å². The highest BCUT2D eigenvalue weighted by Gasteiger charge is 2.41. The maximum absolute atomic E-state index is 12.9. The van der Waals surface area contributed by atoms with Crippen LogP contribution in [0.2, 0.25) is 0 Å². The molecule has 1 aromatic carbocycles. The minimum atomic E-state index is -0.901. The van der Waals surface area contributed by atoms with Gasteiger partial charge in [-0.05, 0) is 37.1 Å². The number of carbonyl (C=O) groups is 1. The summed E-state index contributed by atoms with van der Waals surface area (Å²) in [6.45, 7) is 0. The van der Waals surface area contributed by atoms with Crippen LogP contribution in [0.4, 0.5) is 10.1 Å². The first-order valence-corrected chi connectivity index (χ1v) is 6.54. The number of amides is 1. The second-order valence-electron chi connectivity index (χ2n) is 5.10. The summed E-state index contributed by atoms with van der Waals surface area (Å²) in [7, 11) is 1.64. The summed E-state index contributed by atoms with van der Waals surface area (Å²) in [6.07, 6.45) is 4.14. The van der Waals surface area contributed by atoms with Crippen LogP contribution in [0.3, 0.4) is 0 Å². The number of benzene rings is 1. The number of hydrogen-bond donors (Lipinski definition) is 0. The lowest BCUT2D eigenvalue weighted by Crippen LogP contribution is -2.42. The molecule has 19 heavy (non-hydrogen) atoms. The van der Waals surface area contributed by atoms with Crippen LogP contribution in [0, 0.1) is 22.6 Å². The molecule has 2 rings (SSSR count). The molecular formula is C15H17FN2O. The van der Waals surface area contributed by atoms with Crippen LogP contribution in [-0.2, 0) is 4.79 Å². The molecule has 1 aromatic rings. The molecule has 100 valence electrons. The van der Waals surface area contributed by atoms with Crippen molar-refractivity contribution in [2.45, 2.75) is 32.1 Å². The van der Waals surface area contributed by atoms with E-state index >= 15 is 0 Å². The Morgan fingerprint density at radius 1 is 1.26 bits per heavy atom. The molecule has 0 aromatic heterocycles. The SMILES string of the molecule is CN(C(=O)C1(C#N)CCCCC1)c1ccc(F)cc1. The predicted octanol–water partition coefficient (Wildman–Crippen LogP) is 3.26. The van der Waals surface area contributed by atoms with Crippen LogP contribution < -0.4 is 4.90 Å². The van der Waals surface area contributed by atoms with E-state index in [1.807, 2.05) is 0 Å². The van der Waals surface area contributed by atoms with E-state index in [2.05, 4.69) is 6.07 Å². The zero-order valence-corrected chi connectivity index (χ0v) is 11.0. The summed E-state index contributed by atoms with van der Waals surface area (Å²) in [5.74, 6) is -0.515. The Hall–Kier alpha value is -1.89. The topological polar surface area (TPSA) is 44.1 Å². The fourth-order valence-corrected chi connectivity index (χ4v) is 2.63. The third-order valence-electron chi connectivity index (χ3n) is 3.85. The second-order valence-corrected chi connectivity index (χ2v) is 5.10. The third-order valence-corrected chi connectivity index (χ3v) is 3.85. The third kappa shape index (κ3) is 2.60. The summed E-state index contributed by atoms with van der Waals surface area (Å²) < 4.78 is 12.9. The predicted molar refractivity (Wildman–Crippen MR) is 70.9 cm³/mol. The zero-order valence-electron chi connectivity index (χ0n) is 11.0. The van der Waals surface area contributed by atoms with E-state index < -0.39 is 5.41 Å². The van der Waals surface area contributed by atoms with Crippen molar-refractivity contribution in [1.82, 2.24) is 0 Å². The molecule has 0 unspecified atom stereocenters. The minimum Gasteiger partial charge on any atom is -0.314 e. The lowest BCUT2D eigenvalue weighted by molar-refractivity contribution is -0.126.